The molecule has 0 saturated heterocycles. The van der Waals surface area contributed by atoms with Gasteiger partial charge in [0, 0.05) is 0 Å². The van der Waals surface area contributed by atoms with Crippen LogP contribution in [-0.4, -0.2) is 22.0 Å². The van der Waals surface area contributed by atoms with Gasteiger partial charge in [0.15, 0.2) is 0 Å². The SMILES string of the molecule is O=C(Nc1c(F)cccc1Cl)c1cnc(C(=O)O)s1. The van der Waals surface area contributed by atoms with Gasteiger partial charge in [-0.2, -0.15) is 0 Å². The quantitative estimate of drug-likeness (QED) is 0.913. The summed E-state index contributed by atoms with van der Waals surface area (Å²) in [5, 5.41) is 10.8. The molecule has 2 aromatic rings. The largest absolute Gasteiger partial charge is 0.476 e. The first-order chi connectivity index (χ1) is 8.99. The van der Waals surface area contributed by atoms with E-state index in [0.717, 1.165) is 12.3 Å². The lowest BCUT2D eigenvalue weighted by Gasteiger charge is -2.06. The molecule has 0 unspecified atom stereocenters. The number of para-hydroxylation sites is 1. The highest BCUT2D eigenvalue weighted by Crippen LogP contribution is 2.25. The zero-order valence-corrected chi connectivity index (χ0v) is 10.8. The van der Waals surface area contributed by atoms with Gasteiger partial charge in [0.1, 0.15) is 10.7 Å². The van der Waals surface area contributed by atoms with Crippen molar-refractivity contribution in [1.82, 2.24) is 4.98 Å². The van der Waals surface area contributed by atoms with Crippen molar-refractivity contribution >= 4 is 40.5 Å². The summed E-state index contributed by atoms with van der Waals surface area (Å²) in [6, 6.07) is 3.98. The Balaban J connectivity index is 2.23. The number of hydrogen-bond donors (Lipinski definition) is 2. The summed E-state index contributed by atoms with van der Waals surface area (Å²) >= 11 is 6.45. The smallest absolute Gasteiger partial charge is 0.365 e. The Hall–Kier alpha value is -1.99. The van der Waals surface area contributed by atoms with Crippen LogP contribution in [0.25, 0.3) is 0 Å². The van der Waals surface area contributed by atoms with Crippen LogP contribution in [-0.2, 0) is 0 Å². The van der Waals surface area contributed by atoms with Crippen LogP contribution in [0.15, 0.2) is 24.4 Å². The van der Waals surface area contributed by atoms with Gasteiger partial charge >= 0.3 is 5.97 Å². The maximum atomic E-state index is 13.5. The van der Waals surface area contributed by atoms with E-state index < -0.39 is 17.7 Å². The Morgan fingerprint density at radius 1 is 1.42 bits per heavy atom. The molecule has 2 rings (SSSR count). The van der Waals surface area contributed by atoms with Crippen LogP contribution in [0.2, 0.25) is 5.02 Å². The fraction of sp³-hybridized carbons (Fsp3) is 0. The molecule has 1 heterocycles. The fourth-order valence-corrected chi connectivity index (χ4v) is 2.13. The average Bonchev–Trinajstić information content (AvgIpc) is 2.83. The van der Waals surface area contributed by atoms with E-state index >= 15 is 0 Å². The van der Waals surface area contributed by atoms with Crippen molar-refractivity contribution in [2.45, 2.75) is 0 Å². The number of benzene rings is 1. The van der Waals surface area contributed by atoms with Gasteiger partial charge in [0.2, 0.25) is 5.01 Å². The van der Waals surface area contributed by atoms with Gasteiger partial charge in [-0.3, -0.25) is 4.79 Å². The number of thiazole rings is 1. The highest BCUT2D eigenvalue weighted by molar-refractivity contribution is 7.15. The van der Waals surface area contributed by atoms with Crippen molar-refractivity contribution in [2.24, 2.45) is 0 Å². The van der Waals surface area contributed by atoms with Crippen LogP contribution in [0.1, 0.15) is 19.5 Å². The summed E-state index contributed by atoms with van der Waals surface area (Å²) in [5.74, 6) is -2.58. The molecule has 1 amide bonds. The number of anilines is 1. The van der Waals surface area contributed by atoms with Crippen LogP contribution in [0.5, 0.6) is 0 Å². The normalized spacial score (nSPS) is 10.2. The Kier molecular flexibility index (Phi) is 3.77. The number of halogens is 2. The fourth-order valence-electron chi connectivity index (χ4n) is 1.27. The number of aromatic carboxylic acids is 1. The Morgan fingerprint density at radius 3 is 2.74 bits per heavy atom. The molecular weight excluding hydrogens is 295 g/mol. The van der Waals surface area contributed by atoms with E-state index in [-0.39, 0.29) is 20.6 Å². The maximum absolute atomic E-state index is 13.5. The number of carboxylic acids is 1. The summed E-state index contributed by atoms with van der Waals surface area (Å²) in [7, 11) is 0. The minimum atomic E-state index is -1.23. The number of nitrogens with one attached hydrogen (secondary N) is 1. The number of aromatic nitrogens is 1. The number of carbonyl (C=O) groups is 2. The second kappa shape index (κ2) is 5.33. The molecule has 1 aromatic carbocycles. The van der Waals surface area contributed by atoms with Gasteiger partial charge < -0.3 is 10.4 Å². The maximum Gasteiger partial charge on any atom is 0.365 e. The molecule has 0 radical (unpaired) electrons. The number of carboxylic acid groups (broad SMARTS) is 1. The summed E-state index contributed by atoms with van der Waals surface area (Å²) in [5.41, 5.74) is -0.153. The zero-order valence-electron chi connectivity index (χ0n) is 9.18. The third-order valence-corrected chi connectivity index (χ3v) is 3.41. The van der Waals surface area contributed by atoms with Gasteiger partial charge in [-0.05, 0) is 12.1 Å². The molecule has 0 saturated carbocycles. The third-order valence-electron chi connectivity index (χ3n) is 2.11. The highest BCUT2D eigenvalue weighted by Gasteiger charge is 2.17. The average molecular weight is 301 g/mol. The molecule has 0 fully saturated rings. The predicted molar refractivity (Wildman–Crippen MR) is 68.4 cm³/mol. The van der Waals surface area contributed by atoms with E-state index in [2.05, 4.69) is 10.3 Å². The van der Waals surface area contributed by atoms with Crippen molar-refractivity contribution in [3.8, 4) is 0 Å². The second-order valence-electron chi connectivity index (χ2n) is 3.39. The predicted octanol–water partition coefficient (Wildman–Crippen LogP) is 2.89. The first-order valence-electron chi connectivity index (χ1n) is 4.93. The highest BCUT2D eigenvalue weighted by atomic mass is 35.5. The van der Waals surface area contributed by atoms with E-state index in [1.165, 1.54) is 12.1 Å². The number of carbonyl (C=O) groups excluding carboxylic acids is 1. The van der Waals surface area contributed by atoms with E-state index in [4.69, 9.17) is 16.7 Å². The molecule has 2 N–H and O–H groups in total. The number of nitrogens with zero attached hydrogens (tertiary/aromatic N) is 1. The molecule has 0 spiro atoms. The topological polar surface area (TPSA) is 79.3 Å². The van der Waals surface area contributed by atoms with Crippen LogP contribution in [0.3, 0.4) is 0 Å². The van der Waals surface area contributed by atoms with Crippen molar-refractivity contribution in [2.75, 3.05) is 5.32 Å². The van der Waals surface area contributed by atoms with E-state index in [1.807, 2.05) is 0 Å². The molecule has 0 aliphatic carbocycles. The summed E-state index contributed by atoms with van der Waals surface area (Å²) in [6.07, 6.45) is 1.11. The van der Waals surface area contributed by atoms with Gasteiger partial charge in [-0.15, -0.1) is 11.3 Å². The van der Waals surface area contributed by atoms with Gasteiger partial charge in [-0.1, -0.05) is 17.7 Å². The van der Waals surface area contributed by atoms with Crippen molar-refractivity contribution in [1.29, 1.82) is 0 Å². The molecular formula is C11H6ClFN2O3S. The monoisotopic (exact) mass is 300 g/mol. The molecule has 8 heteroatoms. The van der Waals surface area contributed by atoms with Crippen LogP contribution in [0, 0.1) is 5.82 Å². The van der Waals surface area contributed by atoms with Gasteiger partial charge in [-0.25, -0.2) is 14.2 Å². The van der Waals surface area contributed by atoms with Crippen LogP contribution in [0.4, 0.5) is 10.1 Å². The van der Waals surface area contributed by atoms with Crippen LogP contribution < -0.4 is 5.32 Å². The molecule has 0 aliphatic heterocycles. The standard InChI is InChI=1S/C11H6ClFN2O3S/c12-5-2-1-3-6(13)8(5)15-9(16)7-4-14-10(19-7)11(17)18/h1-4H,(H,15,16)(H,17,18). The first kappa shape index (κ1) is 13.4. The van der Waals surface area contributed by atoms with Crippen molar-refractivity contribution in [3.63, 3.8) is 0 Å². The Bertz CT molecular complexity index is 639. The molecule has 5 nitrogen and oxygen atoms in total. The molecule has 98 valence electrons. The van der Waals surface area contributed by atoms with Crippen molar-refractivity contribution in [3.05, 3.63) is 45.1 Å². The lowest BCUT2D eigenvalue weighted by atomic mass is 10.3. The molecule has 1 aromatic heterocycles. The summed E-state index contributed by atoms with van der Waals surface area (Å²) in [6.45, 7) is 0. The lowest BCUT2D eigenvalue weighted by molar-refractivity contribution is 0.0696. The zero-order chi connectivity index (χ0) is 14.0. The summed E-state index contributed by atoms with van der Waals surface area (Å²) in [4.78, 5) is 26.0. The number of hydrogen-bond acceptors (Lipinski definition) is 4. The molecule has 0 aliphatic rings. The summed E-state index contributed by atoms with van der Waals surface area (Å²) < 4.78 is 13.5. The van der Waals surface area contributed by atoms with Crippen LogP contribution >= 0.6 is 22.9 Å². The van der Waals surface area contributed by atoms with Gasteiger partial charge in [0.05, 0.1) is 16.9 Å². The molecule has 19 heavy (non-hydrogen) atoms. The second-order valence-corrected chi connectivity index (χ2v) is 4.82. The molecule has 0 bridgehead atoms. The van der Waals surface area contributed by atoms with E-state index in [0.29, 0.717) is 11.3 Å². The minimum absolute atomic E-state index is 0.0522. The third kappa shape index (κ3) is 2.88. The van der Waals surface area contributed by atoms with Crippen molar-refractivity contribution < 1.29 is 19.1 Å². The van der Waals surface area contributed by atoms with Gasteiger partial charge in [0.25, 0.3) is 5.91 Å². The van der Waals surface area contributed by atoms with E-state index in [1.54, 1.807) is 0 Å². The number of amides is 1. The Morgan fingerprint density at radius 2 is 2.16 bits per heavy atom. The minimum Gasteiger partial charge on any atom is -0.476 e. The number of rotatable bonds is 3. The molecule has 0 atom stereocenters. The first-order valence-corrected chi connectivity index (χ1v) is 6.13. The van der Waals surface area contributed by atoms with E-state index in [9.17, 15) is 14.0 Å². The Labute approximate surface area is 115 Å². The lowest BCUT2D eigenvalue weighted by Crippen LogP contribution is -2.11.